The van der Waals surface area contributed by atoms with Crippen molar-refractivity contribution in [1.82, 2.24) is 0 Å². The molecule has 1 aliphatic rings. The highest BCUT2D eigenvalue weighted by atomic mass is 16.6. The molecule has 0 radical (unpaired) electrons. The van der Waals surface area contributed by atoms with Crippen LogP contribution in [-0.4, -0.2) is 18.0 Å². The molecule has 1 aliphatic heterocycles. The van der Waals surface area contributed by atoms with E-state index >= 15 is 0 Å². The zero-order valence-corrected chi connectivity index (χ0v) is 7.30. The van der Waals surface area contributed by atoms with Crippen LogP contribution in [0.15, 0.2) is 0 Å². The zero-order chi connectivity index (χ0) is 8.27. The smallest absolute Gasteiger partial charge is 0.161 e. The Kier molecular flexibility index (Phi) is 3.06. The van der Waals surface area contributed by atoms with E-state index in [2.05, 4.69) is 6.92 Å². The number of carbonyl (C=O) groups excluding carboxylic acids is 1. The Morgan fingerprint density at radius 1 is 1.45 bits per heavy atom. The van der Waals surface area contributed by atoms with Crippen molar-refractivity contribution in [1.29, 1.82) is 0 Å². The Morgan fingerprint density at radius 3 is 2.64 bits per heavy atom. The van der Waals surface area contributed by atoms with Gasteiger partial charge in [0.1, 0.15) is 6.10 Å². The minimum atomic E-state index is -0.0492. The van der Waals surface area contributed by atoms with Gasteiger partial charge in [0.15, 0.2) is 5.78 Å². The average molecular weight is 156 g/mol. The molecule has 0 amide bonds. The van der Waals surface area contributed by atoms with Gasteiger partial charge < -0.3 is 4.74 Å². The van der Waals surface area contributed by atoms with E-state index in [1.807, 2.05) is 0 Å². The lowest BCUT2D eigenvalue weighted by Crippen LogP contribution is -2.04. The van der Waals surface area contributed by atoms with E-state index < -0.39 is 0 Å². The number of hydrogen-bond donors (Lipinski definition) is 0. The lowest BCUT2D eigenvalue weighted by Gasteiger charge is -1.92. The first-order valence-corrected chi connectivity index (χ1v) is 4.41. The number of epoxide rings is 1. The largest absolute Gasteiger partial charge is 0.361 e. The van der Waals surface area contributed by atoms with Gasteiger partial charge in [-0.15, -0.1) is 0 Å². The van der Waals surface area contributed by atoms with Crippen molar-refractivity contribution in [3.8, 4) is 0 Å². The van der Waals surface area contributed by atoms with Gasteiger partial charge in [-0.1, -0.05) is 26.2 Å². The highest BCUT2D eigenvalue weighted by Gasteiger charge is 2.41. The van der Waals surface area contributed by atoms with Crippen molar-refractivity contribution in [2.24, 2.45) is 0 Å². The van der Waals surface area contributed by atoms with Crippen LogP contribution in [0.4, 0.5) is 0 Å². The summed E-state index contributed by atoms with van der Waals surface area (Å²) >= 11 is 0. The normalized spacial score (nSPS) is 28.5. The standard InChI is InChI=1S/C9H16O2/c1-3-4-5-6-8-9(11-8)7(2)10/h8-9H,3-6H2,1-2H3. The van der Waals surface area contributed by atoms with Crippen molar-refractivity contribution >= 4 is 5.78 Å². The molecule has 2 unspecified atom stereocenters. The summed E-state index contributed by atoms with van der Waals surface area (Å²) < 4.78 is 5.18. The summed E-state index contributed by atoms with van der Waals surface area (Å²) in [6.07, 6.45) is 4.97. The Bertz CT molecular complexity index is 142. The summed E-state index contributed by atoms with van der Waals surface area (Å²) in [6, 6.07) is 0. The SMILES string of the molecule is CCCCCC1OC1C(C)=O. The average Bonchev–Trinajstić information content (AvgIpc) is 2.68. The molecular weight excluding hydrogens is 140 g/mol. The van der Waals surface area contributed by atoms with Gasteiger partial charge in [-0.25, -0.2) is 0 Å². The van der Waals surface area contributed by atoms with Crippen LogP contribution in [0.25, 0.3) is 0 Å². The quantitative estimate of drug-likeness (QED) is 0.449. The van der Waals surface area contributed by atoms with E-state index in [9.17, 15) is 4.79 Å². The molecule has 1 saturated heterocycles. The summed E-state index contributed by atoms with van der Waals surface area (Å²) in [5.41, 5.74) is 0. The summed E-state index contributed by atoms with van der Waals surface area (Å²) in [5, 5.41) is 0. The molecule has 0 aromatic heterocycles. The molecular formula is C9H16O2. The van der Waals surface area contributed by atoms with Crippen molar-refractivity contribution in [3.63, 3.8) is 0 Å². The number of Topliss-reactive ketones (excluding diaryl/α,β-unsaturated/α-hetero) is 1. The maximum absolute atomic E-state index is 10.7. The number of ether oxygens (including phenoxy) is 1. The molecule has 0 aliphatic carbocycles. The molecule has 1 rings (SSSR count). The fourth-order valence-electron chi connectivity index (χ4n) is 1.32. The second-order valence-corrected chi connectivity index (χ2v) is 3.20. The van der Waals surface area contributed by atoms with Gasteiger partial charge >= 0.3 is 0 Å². The van der Waals surface area contributed by atoms with Gasteiger partial charge in [-0.05, 0) is 13.3 Å². The van der Waals surface area contributed by atoms with E-state index in [1.165, 1.54) is 19.3 Å². The second kappa shape index (κ2) is 3.86. The van der Waals surface area contributed by atoms with Crippen LogP contribution in [0, 0.1) is 0 Å². The molecule has 2 heteroatoms. The minimum Gasteiger partial charge on any atom is -0.361 e. The van der Waals surface area contributed by atoms with Crippen molar-refractivity contribution in [3.05, 3.63) is 0 Å². The van der Waals surface area contributed by atoms with Gasteiger partial charge in [0.05, 0.1) is 6.10 Å². The number of unbranched alkanes of at least 4 members (excludes halogenated alkanes) is 2. The Labute approximate surface area is 67.9 Å². The first-order valence-electron chi connectivity index (χ1n) is 4.41. The molecule has 2 atom stereocenters. The fraction of sp³-hybridized carbons (Fsp3) is 0.889. The topological polar surface area (TPSA) is 29.6 Å². The molecule has 2 nitrogen and oxygen atoms in total. The number of carbonyl (C=O) groups is 1. The van der Waals surface area contributed by atoms with Crippen LogP contribution >= 0.6 is 0 Å². The van der Waals surface area contributed by atoms with Crippen LogP contribution in [0.2, 0.25) is 0 Å². The highest BCUT2D eigenvalue weighted by molar-refractivity contribution is 5.83. The molecule has 64 valence electrons. The first kappa shape index (κ1) is 8.72. The second-order valence-electron chi connectivity index (χ2n) is 3.20. The van der Waals surface area contributed by atoms with E-state index in [4.69, 9.17) is 4.74 Å². The van der Waals surface area contributed by atoms with Crippen LogP contribution in [0.5, 0.6) is 0 Å². The molecule has 1 heterocycles. The number of ketones is 1. The van der Waals surface area contributed by atoms with Crippen molar-refractivity contribution < 1.29 is 9.53 Å². The zero-order valence-electron chi connectivity index (χ0n) is 7.30. The third kappa shape index (κ3) is 2.62. The first-order chi connectivity index (χ1) is 5.25. The Balaban J connectivity index is 2.00. The molecule has 0 bridgehead atoms. The molecule has 0 N–H and O–H groups in total. The van der Waals surface area contributed by atoms with Crippen LogP contribution < -0.4 is 0 Å². The van der Waals surface area contributed by atoms with Gasteiger partial charge in [0.25, 0.3) is 0 Å². The Hall–Kier alpha value is -0.370. The van der Waals surface area contributed by atoms with E-state index in [1.54, 1.807) is 6.92 Å². The third-order valence-corrected chi connectivity index (χ3v) is 2.08. The predicted molar refractivity (Wildman–Crippen MR) is 43.5 cm³/mol. The summed E-state index contributed by atoms with van der Waals surface area (Å²) in [5.74, 6) is 0.187. The predicted octanol–water partition coefficient (Wildman–Crippen LogP) is 1.92. The Morgan fingerprint density at radius 2 is 2.18 bits per heavy atom. The van der Waals surface area contributed by atoms with Crippen LogP contribution in [0.1, 0.15) is 39.5 Å². The van der Waals surface area contributed by atoms with Gasteiger partial charge in [0, 0.05) is 0 Å². The molecule has 0 aromatic rings. The lowest BCUT2D eigenvalue weighted by atomic mass is 10.1. The number of rotatable bonds is 5. The molecule has 0 saturated carbocycles. The monoisotopic (exact) mass is 156 g/mol. The van der Waals surface area contributed by atoms with Crippen LogP contribution in [-0.2, 0) is 9.53 Å². The lowest BCUT2D eigenvalue weighted by molar-refractivity contribution is -0.118. The minimum absolute atomic E-state index is 0.0492. The summed E-state index contributed by atoms with van der Waals surface area (Å²) in [4.78, 5) is 10.7. The van der Waals surface area contributed by atoms with E-state index in [0.29, 0.717) is 0 Å². The van der Waals surface area contributed by atoms with Crippen molar-refractivity contribution in [2.45, 2.75) is 51.7 Å². The number of hydrogen-bond acceptors (Lipinski definition) is 2. The van der Waals surface area contributed by atoms with Gasteiger partial charge in [-0.3, -0.25) is 4.79 Å². The molecule has 1 fully saturated rings. The molecule has 0 aromatic carbocycles. The maximum atomic E-state index is 10.7. The molecule has 11 heavy (non-hydrogen) atoms. The molecule has 0 spiro atoms. The third-order valence-electron chi connectivity index (χ3n) is 2.08. The summed E-state index contributed by atoms with van der Waals surface area (Å²) in [7, 11) is 0. The van der Waals surface area contributed by atoms with E-state index in [-0.39, 0.29) is 18.0 Å². The van der Waals surface area contributed by atoms with Crippen molar-refractivity contribution in [2.75, 3.05) is 0 Å². The maximum Gasteiger partial charge on any atom is 0.161 e. The van der Waals surface area contributed by atoms with Gasteiger partial charge in [-0.2, -0.15) is 0 Å². The fourth-order valence-corrected chi connectivity index (χ4v) is 1.32. The summed E-state index contributed by atoms with van der Waals surface area (Å²) in [6.45, 7) is 3.78. The highest BCUT2D eigenvalue weighted by Crippen LogP contribution is 2.27. The van der Waals surface area contributed by atoms with E-state index in [0.717, 1.165) is 6.42 Å². The van der Waals surface area contributed by atoms with Gasteiger partial charge in [0.2, 0.25) is 0 Å². The van der Waals surface area contributed by atoms with Crippen LogP contribution in [0.3, 0.4) is 0 Å².